The summed E-state index contributed by atoms with van der Waals surface area (Å²) in [5.74, 6) is 1.74. The van der Waals surface area contributed by atoms with E-state index in [-0.39, 0.29) is 24.0 Å². The van der Waals surface area contributed by atoms with Gasteiger partial charge in [0.2, 0.25) is 0 Å². The first-order valence-electron chi connectivity index (χ1n) is 7.46. The molecule has 4 nitrogen and oxygen atoms in total. The van der Waals surface area contributed by atoms with Gasteiger partial charge >= 0.3 is 0 Å². The van der Waals surface area contributed by atoms with Crippen LogP contribution in [0.1, 0.15) is 25.3 Å². The van der Waals surface area contributed by atoms with Crippen molar-refractivity contribution in [2.24, 2.45) is 10.9 Å². The second-order valence-electron chi connectivity index (χ2n) is 5.53. The molecule has 0 amide bonds. The van der Waals surface area contributed by atoms with Crippen LogP contribution in [0.25, 0.3) is 0 Å². The van der Waals surface area contributed by atoms with Crippen molar-refractivity contribution in [1.29, 1.82) is 0 Å². The van der Waals surface area contributed by atoms with Crippen LogP contribution >= 0.6 is 35.3 Å². The van der Waals surface area contributed by atoms with Gasteiger partial charge in [0.05, 0.1) is 0 Å². The van der Waals surface area contributed by atoms with Crippen LogP contribution < -0.4 is 10.6 Å². The number of nitrogens with zero attached hydrogens (tertiary/aromatic N) is 2. The Labute approximate surface area is 149 Å². The van der Waals surface area contributed by atoms with E-state index in [0.29, 0.717) is 0 Å². The number of likely N-dealkylation sites (tertiary alicyclic amines) is 1. The van der Waals surface area contributed by atoms with E-state index in [9.17, 15) is 0 Å². The van der Waals surface area contributed by atoms with Gasteiger partial charge in [0.25, 0.3) is 0 Å². The van der Waals surface area contributed by atoms with Crippen LogP contribution in [-0.4, -0.2) is 44.1 Å². The molecule has 1 aliphatic rings. The number of rotatable bonds is 5. The largest absolute Gasteiger partial charge is 0.355 e. The second kappa shape index (κ2) is 10.4. The first-order valence-corrected chi connectivity index (χ1v) is 8.40. The molecule has 0 aromatic carbocycles. The Hall–Kier alpha value is -0.340. The van der Waals surface area contributed by atoms with Crippen LogP contribution in [0.2, 0.25) is 0 Å². The fourth-order valence-electron chi connectivity index (χ4n) is 2.62. The van der Waals surface area contributed by atoms with E-state index in [0.717, 1.165) is 31.5 Å². The van der Waals surface area contributed by atoms with Crippen LogP contribution in [-0.2, 0) is 6.54 Å². The van der Waals surface area contributed by atoms with Gasteiger partial charge in [-0.3, -0.25) is 4.99 Å². The maximum absolute atomic E-state index is 4.26. The average Bonchev–Trinajstić information content (AvgIpc) is 2.96. The molecule has 2 rings (SSSR count). The first kappa shape index (κ1) is 18.7. The summed E-state index contributed by atoms with van der Waals surface area (Å²) in [6.07, 6.45) is 2.72. The molecule has 1 saturated heterocycles. The van der Waals surface area contributed by atoms with Crippen molar-refractivity contribution in [3.8, 4) is 0 Å². The van der Waals surface area contributed by atoms with E-state index in [4.69, 9.17) is 0 Å². The Morgan fingerprint density at radius 3 is 3.00 bits per heavy atom. The maximum atomic E-state index is 4.26. The summed E-state index contributed by atoms with van der Waals surface area (Å²) < 4.78 is 0. The van der Waals surface area contributed by atoms with Crippen molar-refractivity contribution in [3.63, 3.8) is 0 Å². The summed E-state index contributed by atoms with van der Waals surface area (Å²) in [4.78, 5) is 6.81. The number of aliphatic imine (C=N–C) groups is 1. The lowest BCUT2D eigenvalue weighted by Gasteiger charge is -2.30. The minimum atomic E-state index is 0. The summed E-state index contributed by atoms with van der Waals surface area (Å²) in [6.45, 7) is 7.72. The molecule has 0 radical (unpaired) electrons. The zero-order valence-corrected chi connectivity index (χ0v) is 16.1. The van der Waals surface area contributed by atoms with Gasteiger partial charge in [0.15, 0.2) is 5.96 Å². The van der Waals surface area contributed by atoms with Gasteiger partial charge < -0.3 is 15.5 Å². The van der Waals surface area contributed by atoms with Crippen molar-refractivity contribution in [3.05, 3.63) is 22.4 Å². The molecule has 1 unspecified atom stereocenters. The molecule has 0 spiro atoms. The summed E-state index contributed by atoms with van der Waals surface area (Å²) in [5, 5.41) is 11.0. The summed E-state index contributed by atoms with van der Waals surface area (Å²) in [5.41, 5.74) is 1.31. The SMILES string of the molecule is CN=C(NCCN1CCCC(C)C1)NCc1ccsc1.I. The zero-order chi connectivity index (χ0) is 14.2. The molecule has 1 atom stereocenters. The number of guanidine groups is 1. The van der Waals surface area contributed by atoms with Gasteiger partial charge in [-0.05, 0) is 47.7 Å². The molecule has 1 fully saturated rings. The number of piperidine rings is 1. The summed E-state index contributed by atoms with van der Waals surface area (Å²) in [7, 11) is 1.83. The van der Waals surface area contributed by atoms with Crippen molar-refractivity contribution in [2.75, 3.05) is 33.2 Å². The number of hydrogen-bond donors (Lipinski definition) is 2. The lowest BCUT2D eigenvalue weighted by molar-refractivity contribution is 0.187. The monoisotopic (exact) mass is 422 g/mol. The molecule has 1 aliphatic heterocycles. The van der Waals surface area contributed by atoms with Crippen LogP contribution in [0.15, 0.2) is 21.8 Å². The summed E-state index contributed by atoms with van der Waals surface area (Å²) >= 11 is 1.73. The molecular formula is C15H27IN4S. The standard InChI is InChI=1S/C15H26N4S.HI/c1-13-4-3-7-19(11-13)8-6-17-15(16-2)18-10-14-5-9-20-12-14;/h5,9,12-13H,3-4,6-8,10-11H2,1-2H3,(H2,16,17,18);1H. The van der Waals surface area contributed by atoms with Crippen LogP contribution in [0, 0.1) is 5.92 Å². The van der Waals surface area contributed by atoms with Crippen LogP contribution in [0.4, 0.5) is 0 Å². The van der Waals surface area contributed by atoms with Gasteiger partial charge in [0, 0.05) is 33.2 Å². The maximum Gasteiger partial charge on any atom is 0.191 e. The minimum Gasteiger partial charge on any atom is -0.355 e. The predicted octanol–water partition coefficient (Wildman–Crippen LogP) is 2.76. The van der Waals surface area contributed by atoms with Crippen LogP contribution in [0.5, 0.6) is 0 Å². The highest BCUT2D eigenvalue weighted by Crippen LogP contribution is 2.14. The fourth-order valence-corrected chi connectivity index (χ4v) is 3.29. The smallest absolute Gasteiger partial charge is 0.191 e. The molecule has 6 heteroatoms. The van der Waals surface area contributed by atoms with E-state index < -0.39 is 0 Å². The Kier molecular flexibility index (Phi) is 9.26. The van der Waals surface area contributed by atoms with E-state index in [2.05, 4.69) is 44.3 Å². The third-order valence-corrected chi connectivity index (χ3v) is 4.46. The summed E-state index contributed by atoms with van der Waals surface area (Å²) in [6, 6.07) is 2.14. The zero-order valence-electron chi connectivity index (χ0n) is 13.0. The molecule has 21 heavy (non-hydrogen) atoms. The highest BCUT2D eigenvalue weighted by Gasteiger charge is 2.15. The molecule has 2 heterocycles. The Morgan fingerprint density at radius 1 is 1.48 bits per heavy atom. The van der Waals surface area contributed by atoms with Gasteiger partial charge in [-0.2, -0.15) is 11.3 Å². The second-order valence-corrected chi connectivity index (χ2v) is 6.31. The molecule has 0 aliphatic carbocycles. The minimum absolute atomic E-state index is 0. The molecule has 2 N–H and O–H groups in total. The Morgan fingerprint density at radius 2 is 2.33 bits per heavy atom. The number of nitrogens with one attached hydrogen (secondary N) is 2. The van der Waals surface area contributed by atoms with Gasteiger partial charge in [0.1, 0.15) is 0 Å². The van der Waals surface area contributed by atoms with Crippen molar-refractivity contribution in [1.82, 2.24) is 15.5 Å². The molecule has 0 bridgehead atoms. The van der Waals surface area contributed by atoms with Crippen molar-refractivity contribution in [2.45, 2.75) is 26.3 Å². The topological polar surface area (TPSA) is 39.7 Å². The molecule has 1 aromatic heterocycles. The number of thiophene rings is 1. The highest BCUT2D eigenvalue weighted by molar-refractivity contribution is 14.0. The first-order chi connectivity index (χ1) is 9.78. The van der Waals surface area contributed by atoms with E-state index in [1.807, 2.05) is 7.05 Å². The molecular weight excluding hydrogens is 395 g/mol. The lowest BCUT2D eigenvalue weighted by atomic mass is 10.0. The van der Waals surface area contributed by atoms with Crippen LogP contribution in [0.3, 0.4) is 0 Å². The van der Waals surface area contributed by atoms with Crippen molar-refractivity contribution >= 4 is 41.3 Å². The average molecular weight is 422 g/mol. The highest BCUT2D eigenvalue weighted by atomic mass is 127. The van der Waals surface area contributed by atoms with Gasteiger partial charge in [-0.1, -0.05) is 6.92 Å². The number of hydrogen-bond acceptors (Lipinski definition) is 3. The number of halogens is 1. The molecule has 120 valence electrons. The fraction of sp³-hybridized carbons (Fsp3) is 0.667. The van der Waals surface area contributed by atoms with Gasteiger partial charge in [-0.15, -0.1) is 24.0 Å². The van der Waals surface area contributed by atoms with Crippen molar-refractivity contribution < 1.29 is 0 Å². The molecule has 1 aromatic rings. The third kappa shape index (κ3) is 6.97. The van der Waals surface area contributed by atoms with Gasteiger partial charge in [-0.25, -0.2) is 0 Å². The Balaban J connectivity index is 0.00000220. The van der Waals surface area contributed by atoms with E-state index in [1.165, 1.54) is 31.5 Å². The third-order valence-electron chi connectivity index (χ3n) is 3.73. The lowest BCUT2D eigenvalue weighted by Crippen LogP contribution is -2.43. The van der Waals surface area contributed by atoms with E-state index >= 15 is 0 Å². The normalized spacial score (nSPS) is 19.9. The predicted molar refractivity (Wildman–Crippen MR) is 103 cm³/mol. The van der Waals surface area contributed by atoms with E-state index in [1.54, 1.807) is 11.3 Å². The molecule has 0 saturated carbocycles. The quantitative estimate of drug-likeness (QED) is 0.436. The Bertz CT molecular complexity index is 408.